The molecule has 0 aliphatic carbocycles. The summed E-state index contributed by atoms with van der Waals surface area (Å²) in [4.78, 5) is 18.7. The zero-order valence-electron chi connectivity index (χ0n) is 16.7. The quantitative estimate of drug-likeness (QED) is 0.656. The number of carbonyl (C=O) groups is 1. The third kappa shape index (κ3) is 4.98. The average Bonchev–Trinajstić information content (AvgIpc) is 2.94. The Labute approximate surface area is 164 Å². The third-order valence-electron chi connectivity index (χ3n) is 4.28. The average molecular weight is 382 g/mol. The Morgan fingerprint density at radius 1 is 1.29 bits per heavy atom. The van der Waals surface area contributed by atoms with Gasteiger partial charge in [-0.3, -0.25) is 4.68 Å². The Morgan fingerprint density at radius 2 is 2.11 bits per heavy atom. The van der Waals surface area contributed by atoms with Crippen molar-refractivity contribution in [3.05, 3.63) is 47.8 Å². The van der Waals surface area contributed by atoms with E-state index < -0.39 is 0 Å². The second kappa shape index (κ2) is 8.71. The van der Waals surface area contributed by atoms with Gasteiger partial charge in [0.05, 0.1) is 17.6 Å². The maximum atomic E-state index is 12.2. The van der Waals surface area contributed by atoms with Gasteiger partial charge in [-0.15, -0.1) is 0 Å². The molecule has 0 unspecified atom stereocenters. The van der Waals surface area contributed by atoms with Crippen LogP contribution in [0.3, 0.4) is 0 Å². The summed E-state index contributed by atoms with van der Waals surface area (Å²) in [6, 6.07) is 9.30. The summed E-state index contributed by atoms with van der Waals surface area (Å²) in [5.74, 6) is 0.795. The molecule has 0 saturated heterocycles. The Balaban J connectivity index is 1.55. The van der Waals surface area contributed by atoms with Gasteiger partial charge in [-0.2, -0.15) is 5.10 Å². The number of carbonyl (C=O) groups excluding carboxylic acids is 1. The second-order valence-electron chi connectivity index (χ2n) is 6.91. The number of amides is 2. The van der Waals surface area contributed by atoms with Gasteiger partial charge >= 0.3 is 6.03 Å². The molecule has 2 amide bonds. The van der Waals surface area contributed by atoms with Crippen molar-refractivity contribution in [3.8, 4) is 5.75 Å². The molecule has 2 N–H and O–H groups in total. The highest BCUT2D eigenvalue weighted by atomic mass is 16.5. The molecule has 0 saturated carbocycles. The van der Waals surface area contributed by atoms with Crippen LogP contribution < -0.4 is 15.4 Å². The van der Waals surface area contributed by atoms with Crippen molar-refractivity contribution in [3.63, 3.8) is 0 Å². The molecule has 0 atom stereocenters. The van der Waals surface area contributed by atoms with Crippen LogP contribution in [0.4, 0.5) is 10.5 Å². The van der Waals surface area contributed by atoms with Crippen LogP contribution in [0.25, 0.3) is 11.0 Å². The van der Waals surface area contributed by atoms with E-state index in [1.807, 2.05) is 58.4 Å². The summed E-state index contributed by atoms with van der Waals surface area (Å²) in [5, 5.41) is 10.9. The van der Waals surface area contributed by atoms with Crippen LogP contribution in [-0.2, 0) is 13.6 Å². The molecule has 0 bridgehead atoms. The van der Waals surface area contributed by atoms with Gasteiger partial charge in [-0.25, -0.2) is 9.78 Å². The molecule has 0 aliphatic rings. The number of aromatic nitrogens is 3. The molecule has 1 aromatic carbocycles. The number of fused-ring (bicyclic) bond motifs is 1. The lowest BCUT2D eigenvalue weighted by molar-refractivity contribution is 0.251. The minimum atomic E-state index is -0.290. The standard InChI is InChI=1S/C20H26N6O2/c1-14-18-11-16(13-21-19(18)26(4)24-14)23-20(27)22-12-15-6-5-7-17(10-15)28-9-8-25(2)3/h5-7,10-11,13H,8-9,12H2,1-4H3,(H2,22,23,27). The fourth-order valence-corrected chi connectivity index (χ4v) is 2.83. The SMILES string of the molecule is Cc1nn(C)c2ncc(NC(=O)NCc3cccc(OCCN(C)C)c3)cc12. The number of nitrogens with one attached hydrogen (secondary N) is 2. The highest BCUT2D eigenvalue weighted by Crippen LogP contribution is 2.19. The van der Waals surface area contributed by atoms with Gasteiger partial charge in [0.25, 0.3) is 0 Å². The van der Waals surface area contributed by atoms with Gasteiger partial charge in [0.1, 0.15) is 12.4 Å². The molecule has 8 heteroatoms. The van der Waals surface area contributed by atoms with Crippen LogP contribution in [0.15, 0.2) is 36.5 Å². The summed E-state index contributed by atoms with van der Waals surface area (Å²) >= 11 is 0. The molecule has 3 rings (SSSR count). The second-order valence-corrected chi connectivity index (χ2v) is 6.91. The molecule has 0 spiro atoms. The van der Waals surface area contributed by atoms with Crippen LogP contribution in [0.5, 0.6) is 5.75 Å². The molecule has 0 aliphatic heterocycles. The van der Waals surface area contributed by atoms with Crippen LogP contribution in [0, 0.1) is 6.92 Å². The predicted molar refractivity (Wildman–Crippen MR) is 110 cm³/mol. The number of ether oxygens (including phenoxy) is 1. The topological polar surface area (TPSA) is 84.3 Å². The number of urea groups is 1. The van der Waals surface area contributed by atoms with Gasteiger partial charge in [-0.1, -0.05) is 12.1 Å². The zero-order chi connectivity index (χ0) is 20.1. The molecule has 3 aromatic rings. The van der Waals surface area contributed by atoms with E-state index in [9.17, 15) is 4.79 Å². The van der Waals surface area contributed by atoms with E-state index in [0.717, 1.165) is 34.6 Å². The first-order valence-electron chi connectivity index (χ1n) is 9.13. The Morgan fingerprint density at radius 3 is 2.89 bits per heavy atom. The van der Waals surface area contributed by atoms with E-state index in [0.29, 0.717) is 18.8 Å². The van der Waals surface area contributed by atoms with Crippen molar-refractivity contribution in [2.45, 2.75) is 13.5 Å². The minimum absolute atomic E-state index is 0.290. The van der Waals surface area contributed by atoms with Gasteiger partial charge in [0, 0.05) is 25.5 Å². The summed E-state index contributed by atoms with van der Waals surface area (Å²) in [5.41, 5.74) is 3.26. The van der Waals surface area contributed by atoms with Gasteiger partial charge < -0.3 is 20.3 Å². The molecule has 0 fully saturated rings. The number of rotatable bonds is 7. The van der Waals surface area contributed by atoms with Crippen LogP contribution in [0.2, 0.25) is 0 Å². The Hall–Kier alpha value is -3.13. The van der Waals surface area contributed by atoms with E-state index in [1.54, 1.807) is 10.9 Å². The molecule has 0 radical (unpaired) electrons. The predicted octanol–water partition coefficient (Wildman–Crippen LogP) is 2.54. The normalized spacial score (nSPS) is 11.0. The summed E-state index contributed by atoms with van der Waals surface area (Å²) in [7, 11) is 5.86. The summed E-state index contributed by atoms with van der Waals surface area (Å²) in [6.45, 7) is 3.78. The lowest BCUT2D eigenvalue weighted by Crippen LogP contribution is -2.28. The smallest absolute Gasteiger partial charge is 0.319 e. The maximum Gasteiger partial charge on any atom is 0.319 e. The van der Waals surface area contributed by atoms with E-state index in [-0.39, 0.29) is 6.03 Å². The molecule has 8 nitrogen and oxygen atoms in total. The maximum absolute atomic E-state index is 12.2. The monoisotopic (exact) mass is 382 g/mol. The van der Waals surface area contributed by atoms with E-state index in [2.05, 4.69) is 25.6 Å². The molecule has 2 heterocycles. The first kappa shape index (κ1) is 19.6. The lowest BCUT2D eigenvalue weighted by Gasteiger charge is -2.12. The van der Waals surface area contributed by atoms with Gasteiger partial charge in [0.15, 0.2) is 5.65 Å². The van der Waals surface area contributed by atoms with Crippen LogP contribution in [0.1, 0.15) is 11.3 Å². The number of benzene rings is 1. The summed E-state index contributed by atoms with van der Waals surface area (Å²) < 4.78 is 7.45. The molecule has 2 aromatic heterocycles. The first-order valence-corrected chi connectivity index (χ1v) is 9.13. The van der Waals surface area contributed by atoms with Crippen molar-refractivity contribution in [2.75, 3.05) is 32.6 Å². The third-order valence-corrected chi connectivity index (χ3v) is 4.28. The fourth-order valence-electron chi connectivity index (χ4n) is 2.83. The van der Waals surface area contributed by atoms with Crippen LogP contribution in [-0.4, -0.2) is 52.9 Å². The van der Waals surface area contributed by atoms with Crippen molar-refractivity contribution >= 4 is 22.8 Å². The number of hydrogen-bond donors (Lipinski definition) is 2. The Kier molecular flexibility index (Phi) is 6.10. The van der Waals surface area contributed by atoms with E-state index in [4.69, 9.17) is 4.74 Å². The first-order chi connectivity index (χ1) is 13.4. The fraction of sp³-hybridized carbons (Fsp3) is 0.350. The number of pyridine rings is 1. The van der Waals surface area contributed by atoms with Gasteiger partial charge in [-0.05, 0) is 44.8 Å². The highest BCUT2D eigenvalue weighted by molar-refractivity contribution is 5.92. The van der Waals surface area contributed by atoms with Crippen LogP contribution >= 0.6 is 0 Å². The molecular formula is C20H26N6O2. The van der Waals surface area contributed by atoms with Crippen molar-refractivity contribution in [1.29, 1.82) is 0 Å². The van der Waals surface area contributed by atoms with Gasteiger partial charge in [0.2, 0.25) is 0 Å². The number of aryl methyl sites for hydroxylation is 2. The lowest BCUT2D eigenvalue weighted by atomic mass is 10.2. The minimum Gasteiger partial charge on any atom is -0.492 e. The summed E-state index contributed by atoms with van der Waals surface area (Å²) in [6.07, 6.45) is 1.63. The zero-order valence-corrected chi connectivity index (χ0v) is 16.7. The van der Waals surface area contributed by atoms with Crippen molar-refractivity contribution < 1.29 is 9.53 Å². The number of likely N-dealkylation sites (N-methyl/N-ethyl adjacent to an activating group) is 1. The Bertz CT molecular complexity index is 966. The molecule has 28 heavy (non-hydrogen) atoms. The highest BCUT2D eigenvalue weighted by Gasteiger charge is 2.09. The largest absolute Gasteiger partial charge is 0.492 e. The van der Waals surface area contributed by atoms with E-state index >= 15 is 0 Å². The molecule has 148 valence electrons. The van der Waals surface area contributed by atoms with Crippen molar-refractivity contribution in [1.82, 2.24) is 25.0 Å². The molecular weight excluding hydrogens is 356 g/mol. The number of nitrogens with zero attached hydrogens (tertiary/aromatic N) is 4. The number of anilines is 1. The van der Waals surface area contributed by atoms with E-state index in [1.165, 1.54) is 0 Å². The number of hydrogen-bond acceptors (Lipinski definition) is 5. The van der Waals surface area contributed by atoms with Crippen molar-refractivity contribution in [2.24, 2.45) is 7.05 Å².